The highest BCUT2D eigenvalue weighted by molar-refractivity contribution is 7.66. The highest BCUT2D eigenvalue weighted by atomic mass is 31.3. The molecule has 6 unspecified atom stereocenters. The van der Waals surface area contributed by atoms with Crippen molar-refractivity contribution in [3.05, 3.63) is 12.7 Å². The number of aliphatic hydroxyl groups is 2. The number of aliphatic hydroxyl groups excluding tert-OH is 1. The highest BCUT2D eigenvalue weighted by Gasteiger charge is 2.57. The van der Waals surface area contributed by atoms with Crippen LogP contribution < -0.4 is 5.73 Å². The third-order valence-corrected chi connectivity index (χ3v) is 8.07. The molecule has 6 atom stereocenters. The molecule has 0 bridgehead atoms. The minimum absolute atomic E-state index is 0.0138. The minimum atomic E-state index is -5.78. The molecule has 22 heteroatoms. The quantitative estimate of drug-likeness (QED) is 0.182. The van der Waals surface area contributed by atoms with Crippen LogP contribution in [-0.4, -0.2) is 80.4 Å². The van der Waals surface area contributed by atoms with Crippen molar-refractivity contribution in [1.29, 1.82) is 0 Å². The van der Waals surface area contributed by atoms with Crippen molar-refractivity contribution in [1.82, 2.24) is 19.5 Å². The van der Waals surface area contributed by atoms with Crippen LogP contribution in [0.3, 0.4) is 0 Å². The molecule has 0 saturated carbocycles. The zero-order valence-electron chi connectivity index (χ0n) is 15.9. The standard InChI is InChI=1S/C11H17FN5O13P3/c12-2-11(19)7(18)5(1-27-32(23,24)30-33(25,26)29-31(20,21)22)28-10(11)17-4-16-6-8(13)14-3-15-9(6)17/h3-5,7,10,18-19H,1-2H2,(H,23,24)(H,25,26)(H2,13,14,15)(H2,20,21,22). The van der Waals surface area contributed by atoms with Crippen molar-refractivity contribution < 1.29 is 65.8 Å². The van der Waals surface area contributed by atoms with Crippen LogP contribution in [0.4, 0.5) is 10.2 Å². The van der Waals surface area contributed by atoms with Gasteiger partial charge >= 0.3 is 23.5 Å². The molecule has 1 aliphatic heterocycles. The second-order valence-electron chi connectivity index (χ2n) is 6.57. The van der Waals surface area contributed by atoms with E-state index in [1.54, 1.807) is 0 Å². The number of fused-ring (bicyclic) bond motifs is 1. The van der Waals surface area contributed by atoms with Gasteiger partial charge < -0.3 is 40.3 Å². The molecule has 186 valence electrons. The minimum Gasteiger partial charge on any atom is -0.387 e. The first-order chi connectivity index (χ1) is 15.1. The van der Waals surface area contributed by atoms with Crippen molar-refractivity contribution in [2.24, 2.45) is 0 Å². The van der Waals surface area contributed by atoms with Gasteiger partial charge in [-0.3, -0.25) is 9.09 Å². The van der Waals surface area contributed by atoms with Crippen molar-refractivity contribution >= 4 is 40.4 Å². The van der Waals surface area contributed by atoms with Crippen LogP contribution in [0, 0.1) is 0 Å². The molecule has 2 aromatic rings. The first kappa shape index (κ1) is 26.2. The number of hydrogen-bond acceptors (Lipinski definition) is 13. The van der Waals surface area contributed by atoms with E-state index in [-0.39, 0.29) is 17.0 Å². The lowest BCUT2D eigenvalue weighted by Gasteiger charge is -2.28. The van der Waals surface area contributed by atoms with Crippen LogP contribution in [0.1, 0.15) is 6.23 Å². The maximum atomic E-state index is 13.8. The van der Waals surface area contributed by atoms with Crippen molar-refractivity contribution in [2.45, 2.75) is 24.0 Å². The summed E-state index contributed by atoms with van der Waals surface area (Å²) in [6.07, 6.45) is -3.42. The van der Waals surface area contributed by atoms with Gasteiger partial charge in [-0.05, 0) is 0 Å². The predicted octanol–water partition coefficient (Wildman–Crippen LogP) is -1.29. The predicted molar refractivity (Wildman–Crippen MR) is 100 cm³/mol. The van der Waals surface area contributed by atoms with E-state index in [4.69, 9.17) is 25.2 Å². The lowest BCUT2D eigenvalue weighted by molar-refractivity contribution is -0.118. The van der Waals surface area contributed by atoms with Gasteiger partial charge in [-0.25, -0.2) is 33.0 Å². The smallest absolute Gasteiger partial charge is 0.387 e. The summed E-state index contributed by atoms with van der Waals surface area (Å²) in [4.78, 5) is 47.2. The number of nitrogens with zero attached hydrogens (tertiary/aromatic N) is 4. The number of aromatic nitrogens is 4. The van der Waals surface area contributed by atoms with E-state index in [1.807, 2.05) is 0 Å². The van der Waals surface area contributed by atoms with E-state index in [0.29, 0.717) is 0 Å². The van der Waals surface area contributed by atoms with E-state index in [9.17, 15) is 33.2 Å². The van der Waals surface area contributed by atoms with E-state index in [0.717, 1.165) is 17.2 Å². The van der Waals surface area contributed by atoms with Crippen LogP contribution in [-0.2, 0) is 31.6 Å². The lowest BCUT2D eigenvalue weighted by Crippen LogP contribution is -2.49. The summed E-state index contributed by atoms with van der Waals surface area (Å²) >= 11 is 0. The number of nitrogens with two attached hydrogens (primary N) is 1. The Morgan fingerprint density at radius 1 is 1.15 bits per heavy atom. The molecule has 0 radical (unpaired) electrons. The lowest BCUT2D eigenvalue weighted by atomic mass is 9.95. The first-order valence-electron chi connectivity index (χ1n) is 8.42. The summed E-state index contributed by atoms with van der Waals surface area (Å²) in [5.41, 5.74) is 3.07. The number of alkyl halides is 1. The summed E-state index contributed by atoms with van der Waals surface area (Å²) in [5, 5.41) is 21.0. The Balaban J connectivity index is 1.78. The molecular formula is C11H17FN5O13P3. The number of anilines is 1. The molecule has 0 spiro atoms. The number of imidazole rings is 1. The highest BCUT2D eigenvalue weighted by Crippen LogP contribution is 2.66. The fourth-order valence-corrected chi connectivity index (χ4v) is 5.95. The van der Waals surface area contributed by atoms with E-state index < -0.39 is 60.8 Å². The monoisotopic (exact) mass is 539 g/mol. The SMILES string of the molecule is Nc1ncnc2c1ncn2C1OC(COP(=O)(O)OP(=O)(O)OP(=O)(O)O)C(O)C1(O)CF. The van der Waals surface area contributed by atoms with Crippen LogP contribution in [0.5, 0.6) is 0 Å². The van der Waals surface area contributed by atoms with Gasteiger partial charge in [0.25, 0.3) is 0 Å². The number of halogens is 1. The van der Waals surface area contributed by atoms with E-state index in [2.05, 4.69) is 28.1 Å². The summed E-state index contributed by atoms with van der Waals surface area (Å²) in [5.74, 6) is -0.0507. The fraction of sp³-hybridized carbons (Fsp3) is 0.545. The number of hydrogen-bond donors (Lipinski definition) is 7. The summed E-state index contributed by atoms with van der Waals surface area (Å²) in [6.45, 7) is -2.71. The van der Waals surface area contributed by atoms with Crippen LogP contribution in [0.2, 0.25) is 0 Å². The van der Waals surface area contributed by atoms with E-state index >= 15 is 0 Å². The number of rotatable bonds is 9. The van der Waals surface area contributed by atoms with Crippen LogP contribution in [0.15, 0.2) is 12.7 Å². The fourth-order valence-electron chi connectivity index (χ4n) is 2.92. The molecule has 1 fully saturated rings. The Hall–Kier alpha value is -1.43. The average molecular weight is 539 g/mol. The second-order valence-corrected chi connectivity index (χ2v) is 11.0. The maximum Gasteiger partial charge on any atom is 0.490 e. The molecule has 8 N–H and O–H groups in total. The second kappa shape index (κ2) is 8.98. The van der Waals surface area contributed by atoms with Crippen LogP contribution >= 0.6 is 23.5 Å². The Morgan fingerprint density at radius 2 is 1.82 bits per heavy atom. The van der Waals surface area contributed by atoms with Crippen LogP contribution in [0.25, 0.3) is 11.2 Å². The summed E-state index contributed by atoms with van der Waals surface area (Å²) in [6, 6.07) is 0. The van der Waals surface area contributed by atoms with Gasteiger partial charge in [-0.2, -0.15) is 8.62 Å². The Morgan fingerprint density at radius 3 is 2.42 bits per heavy atom. The molecule has 33 heavy (non-hydrogen) atoms. The van der Waals surface area contributed by atoms with Crippen molar-refractivity contribution in [3.63, 3.8) is 0 Å². The third kappa shape index (κ3) is 5.63. The molecule has 1 saturated heterocycles. The van der Waals surface area contributed by atoms with Crippen molar-refractivity contribution in [3.8, 4) is 0 Å². The van der Waals surface area contributed by atoms with Gasteiger partial charge in [0.05, 0.1) is 12.9 Å². The number of phosphoric ester groups is 1. The van der Waals surface area contributed by atoms with Gasteiger partial charge in [0, 0.05) is 0 Å². The molecule has 0 amide bonds. The molecule has 0 aromatic carbocycles. The maximum absolute atomic E-state index is 13.8. The first-order valence-corrected chi connectivity index (χ1v) is 12.9. The van der Waals surface area contributed by atoms with Gasteiger partial charge in [0.15, 0.2) is 23.3 Å². The Labute approximate surface area is 182 Å². The Bertz CT molecular complexity index is 1180. The molecule has 2 aromatic heterocycles. The molecule has 0 aliphatic carbocycles. The zero-order valence-corrected chi connectivity index (χ0v) is 18.6. The Kier molecular flexibility index (Phi) is 7.12. The molecule has 18 nitrogen and oxygen atoms in total. The van der Waals surface area contributed by atoms with Gasteiger partial charge in [-0.15, -0.1) is 0 Å². The zero-order chi connectivity index (χ0) is 24.8. The average Bonchev–Trinajstić information content (AvgIpc) is 3.18. The van der Waals surface area contributed by atoms with E-state index in [1.165, 1.54) is 0 Å². The van der Waals surface area contributed by atoms with Gasteiger partial charge in [0.1, 0.15) is 30.7 Å². The van der Waals surface area contributed by atoms with Gasteiger partial charge in [0.2, 0.25) is 0 Å². The summed E-state index contributed by atoms with van der Waals surface area (Å²) < 4.78 is 65.5. The number of ether oxygens (including phenoxy) is 1. The summed E-state index contributed by atoms with van der Waals surface area (Å²) in [7, 11) is -16.9. The number of phosphoric acid groups is 3. The third-order valence-electron chi connectivity index (χ3n) is 4.27. The number of nitrogen functional groups attached to an aromatic ring is 1. The molecular weight excluding hydrogens is 522 g/mol. The topological polar surface area (TPSA) is 279 Å². The van der Waals surface area contributed by atoms with Gasteiger partial charge in [-0.1, -0.05) is 0 Å². The molecule has 3 heterocycles. The largest absolute Gasteiger partial charge is 0.490 e. The normalized spacial score (nSPS) is 29.7. The van der Waals surface area contributed by atoms with Crippen molar-refractivity contribution in [2.75, 3.05) is 19.0 Å². The molecule has 3 rings (SSSR count). The molecule has 1 aliphatic rings.